The molecule has 13 aromatic heterocycles. The zero-order chi connectivity index (χ0) is 72.2. The number of fused-ring (bicyclic) bond motifs is 6. The van der Waals surface area contributed by atoms with Crippen LogP contribution in [0.3, 0.4) is 0 Å². The van der Waals surface area contributed by atoms with E-state index in [0.717, 1.165) is 73.2 Å². The molecule has 0 N–H and O–H groups in total. The molecule has 0 atom stereocenters. The summed E-state index contributed by atoms with van der Waals surface area (Å²) in [6.07, 6.45) is 10.5. The highest BCUT2D eigenvalue weighted by Gasteiger charge is 2.28. The molecule has 22 nitrogen and oxygen atoms in total. The SMILES string of the molecule is [C-]#[N+]c1cccc(-n2c(-c3cc(-c4nc5cccnc5n4-c4cccc(C#N)c4)cc(-c4nc5cccnc5n4-c4cccc([N+]#[C-])c4)c3)nc3cccnc32)c1.c1ccc(-n2c(-c3cc(-c4nc5cccnc5n4-c4ccccc4)nc(-c4nc5cccnc5n4-c4ccccc4)c3)nc3cccnc32)cc1. The Morgan fingerprint density at radius 3 is 0.833 bits per heavy atom. The van der Waals surface area contributed by atoms with Crippen LogP contribution in [0.1, 0.15) is 5.56 Å². The van der Waals surface area contributed by atoms with Gasteiger partial charge in [0.05, 0.1) is 30.5 Å². The molecule has 20 aromatic rings. The Kier molecular flexibility index (Phi) is 15.3. The van der Waals surface area contributed by atoms with Crippen LogP contribution in [0.25, 0.3) is 179 Å². The van der Waals surface area contributed by atoms with E-state index in [0.29, 0.717) is 113 Å². The maximum atomic E-state index is 9.86. The van der Waals surface area contributed by atoms with Crippen LogP contribution < -0.4 is 0 Å². The van der Waals surface area contributed by atoms with Crippen molar-refractivity contribution in [1.82, 2.24) is 92.2 Å². The summed E-state index contributed by atoms with van der Waals surface area (Å²) in [7, 11) is 0. The Bertz CT molecular complexity index is 6370. The van der Waals surface area contributed by atoms with Gasteiger partial charge in [-0.05, 0) is 182 Å². The summed E-state index contributed by atoms with van der Waals surface area (Å²) in [5, 5.41) is 9.86. The number of rotatable bonds is 12. The van der Waals surface area contributed by atoms with Crippen molar-refractivity contribution in [3.63, 3.8) is 0 Å². The first-order valence-electron chi connectivity index (χ1n) is 34.2. The van der Waals surface area contributed by atoms with Gasteiger partial charge in [0.2, 0.25) is 0 Å². The largest absolute Gasteiger partial charge is 0.278 e. The number of hydrogen-bond acceptors (Lipinski definition) is 14. The molecular formula is C86H50N22. The minimum absolute atomic E-state index is 0.481. The summed E-state index contributed by atoms with van der Waals surface area (Å²) in [6, 6.07) is 87.7. The highest BCUT2D eigenvalue weighted by atomic mass is 15.2. The number of pyridine rings is 7. The zero-order valence-corrected chi connectivity index (χ0v) is 56.7. The third-order valence-electron chi connectivity index (χ3n) is 18.5. The monoisotopic (exact) mass is 1390 g/mol. The highest BCUT2D eigenvalue weighted by molar-refractivity contribution is 5.90. The number of aromatic nitrogens is 19. The van der Waals surface area contributed by atoms with E-state index in [1.54, 1.807) is 55.4 Å². The molecule has 0 amide bonds. The Balaban J connectivity index is 0.000000148. The summed E-state index contributed by atoms with van der Waals surface area (Å²) >= 11 is 0. The predicted molar refractivity (Wildman–Crippen MR) is 415 cm³/mol. The number of nitrogens with zero attached hydrogens (tertiary/aromatic N) is 22. The summed E-state index contributed by atoms with van der Waals surface area (Å²) in [4.78, 5) is 72.1. The number of benzene rings is 7. The summed E-state index contributed by atoms with van der Waals surface area (Å²) in [5.74, 6) is 3.72. The molecule has 0 spiro atoms. The first kappa shape index (κ1) is 62.9. The third-order valence-corrected chi connectivity index (χ3v) is 18.5. The van der Waals surface area contributed by atoms with Crippen molar-refractivity contribution in [3.8, 4) is 109 Å². The molecule has 0 bridgehead atoms. The third kappa shape index (κ3) is 11.0. The van der Waals surface area contributed by atoms with Crippen molar-refractivity contribution in [2.45, 2.75) is 0 Å². The van der Waals surface area contributed by atoms with E-state index in [1.807, 2.05) is 250 Å². The molecule has 108 heavy (non-hydrogen) atoms. The van der Waals surface area contributed by atoms with Crippen molar-refractivity contribution in [2.75, 3.05) is 0 Å². The maximum Gasteiger partial charge on any atom is 0.189 e. The molecule has 7 aromatic carbocycles. The Morgan fingerprint density at radius 2 is 0.519 bits per heavy atom. The van der Waals surface area contributed by atoms with Gasteiger partial charge in [0.1, 0.15) is 67.8 Å². The van der Waals surface area contributed by atoms with Crippen LogP contribution in [0.4, 0.5) is 11.4 Å². The molecule has 0 radical (unpaired) electrons. The minimum Gasteiger partial charge on any atom is -0.278 e. The van der Waals surface area contributed by atoms with Gasteiger partial charge in [0, 0.05) is 87.9 Å². The normalized spacial score (nSPS) is 11.3. The quantitative estimate of drug-likeness (QED) is 0.104. The molecule has 13 heterocycles. The molecule has 0 unspecified atom stereocenters. The van der Waals surface area contributed by atoms with Crippen molar-refractivity contribution < 1.29 is 0 Å². The van der Waals surface area contributed by atoms with Gasteiger partial charge < -0.3 is 0 Å². The second-order valence-electron chi connectivity index (χ2n) is 25.1. The predicted octanol–water partition coefficient (Wildman–Crippen LogP) is 18.1. The summed E-state index contributed by atoms with van der Waals surface area (Å²) in [6.45, 7) is 15.5. The van der Waals surface area contributed by atoms with E-state index in [-0.39, 0.29) is 0 Å². The molecule has 0 fully saturated rings. The van der Waals surface area contributed by atoms with Crippen LogP contribution in [-0.4, -0.2) is 92.2 Å². The first-order chi connectivity index (χ1) is 53.4. The van der Waals surface area contributed by atoms with Gasteiger partial charge >= 0.3 is 0 Å². The van der Waals surface area contributed by atoms with E-state index in [4.69, 9.17) is 77.9 Å². The van der Waals surface area contributed by atoms with Gasteiger partial charge in [-0.15, -0.1) is 0 Å². The number of para-hydroxylation sites is 3. The van der Waals surface area contributed by atoms with Crippen LogP contribution in [0.5, 0.6) is 0 Å². The van der Waals surface area contributed by atoms with Gasteiger partial charge in [0.15, 0.2) is 56.9 Å². The standard InChI is InChI=1S/C45H24N12.C41H26N10/c1-47-32-10-4-13-35(25-32)56-41(53-38-16-7-19-50-44(38)56)30-22-29(40-52-37-15-6-18-49-43(37)55(40)34-12-3-9-28(21-34)27-46)23-31(24-30)42-54-39-17-8-20-51-45(39)57(42)36-14-5-11-33(26-36)48-2;1-4-13-28(14-5-1)49-36(46-31-19-10-22-42-37(31)49)27-25-34(40-47-32-20-11-23-43-38(32)50(40)29-15-6-2-7-16-29)45-35(26-27)41-48-33-21-12-24-44-39(33)51(41)30-17-8-3-9-18-30/h3-26H;1-26H. The number of imidazole rings is 6. The molecule has 0 saturated carbocycles. The van der Waals surface area contributed by atoms with Gasteiger partial charge in [-0.25, -0.2) is 74.5 Å². The zero-order valence-electron chi connectivity index (χ0n) is 56.7. The molecule has 0 aliphatic rings. The lowest BCUT2D eigenvalue weighted by atomic mass is 10.0. The fourth-order valence-corrected chi connectivity index (χ4v) is 13.8. The van der Waals surface area contributed by atoms with Crippen molar-refractivity contribution in [1.29, 1.82) is 5.26 Å². The first-order valence-corrected chi connectivity index (χ1v) is 34.2. The molecule has 0 saturated heterocycles. The van der Waals surface area contributed by atoms with Crippen molar-refractivity contribution in [2.24, 2.45) is 0 Å². The topological polar surface area (TPSA) is 230 Å². The van der Waals surface area contributed by atoms with E-state index < -0.39 is 0 Å². The van der Waals surface area contributed by atoms with Gasteiger partial charge in [0.25, 0.3) is 0 Å². The average molecular weight is 1390 g/mol. The molecule has 20 rings (SSSR count). The fourth-order valence-electron chi connectivity index (χ4n) is 13.8. The van der Waals surface area contributed by atoms with Crippen molar-refractivity contribution in [3.05, 3.63) is 332 Å². The second-order valence-corrected chi connectivity index (χ2v) is 25.1. The Hall–Kier alpha value is -16.1. The van der Waals surface area contributed by atoms with Crippen LogP contribution >= 0.6 is 0 Å². The fraction of sp³-hybridized carbons (Fsp3) is 0. The number of nitriles is 1. The maximum absolute atomic E-state index is 9.86. The molecule has 504 valence electrons. The van der Waals surface area contributed by atoms with Crippen LogP contribution in [0.2, 0.25) is 0 Å². The van der Waals surface area contributed by atoms with Gasteiger partial charge in [-0.2, -0.15) is 5.26 Å². The van der Waals surface area contributed by atoms with E-state index in [9.17, 15) is 5.26 Å². The lowest BCUT2D eigenvalue weighted by Crippen LogP contribution is -2.04. The van der Waals surface area contributed by atoms with Gasteiger partial charge in [-0.1, -0.05) is 84.9 Å². The molecule has 0 aliphatic heterocycles. The average Bonchev–Trinajstić information content (AvgIpc) is 1.58. The van der Waals surface area contributed by atoms with Crippen molar-refractivity contribution >= 4 is 78.4 Å². The van der Waals surface area contributed by atoms with Crippen LogP contribution in [0, 0.1) is 24.5 Å². The molecular weight excluding hydrogens is 1340 g/mol. The second kappa shape index (κ2) is 26.4. The Labute approximate surface area is 613 Å². The molecule has 0 aliphatic carbocycles. The minimum atomic E-state index is 0.481. The highest BCUT2D eigenvalue weighted by Crippen LogP contribution is 2.41. The van der Waals surface area contributed by atoms with E-state index in [2.05, 4.69) is 41.6 Å². The smallest absolute Gasteiger partial charge is 0.189 e. The van der Waals surface area contributed by atoms with E-state index >= 15 is 0 Å². The molecule has 22 heteroatoms. The number of hydrogen-bond donors (Lipinski definition) is 0. The summed E-state index contributed by atoms with van der Waals surface area (Å²) < 4.78 is 12.0. The van der Waals surface area contributed by atoms with E-state index in [1.165, 1.54) is 0 Å². The lowest BCUT2D eigenvalue weighted by molar-refractivity contribution is 1.04. The van der Waals surface area contributed by atoms with Crippen LogP contribution in [-0.2, 0) is 0 Å². The lowest BCUT2D eigenvalue weighted by Gasteiger charge is -2.15. The Morgan fingerprint density at radius 1 is 0.250 bits per heavy atom. The van der Waals surface area contributed by atoms with Crippen LogP contribution in [0.15, 0.2) is 304 Å². The van der Waals surface area contributed by atoms with Gasteiger partial charge in [-0.3, -0.25) is 27.4 Å². The summed E-state index contributed by atoms with van der Waals surface area (Å²) in [5.41, 5.74) is 19.0.